The van der Waals surface area contributed by atoms with Crippen molar-refractivity contribution in [3.63, 3.8) is 0 Å². The highest BCUT2D eigenvalue weighted by molar-refractivity contribution is 6.17. The van der Waals surface area contributed by atoms with Crippen LogP contribution in [0.15, 0.2) is 6.07 Å². The Bertz CT molecular complexity index is 468. The highest BCUT2D eigenvalue weighted by atomic mass is 35.5. The zero-order valence-electron chi connectivity index (χ0n) is 10.6. The fourth-order valence-corrected chi connectivity index (χ4v) is 1.59. The summed E-state index contributed by atoms with van der Waals surface area (Å²) in [7, 11) is 2.31. The van der Waals surface area contributed by atoms with Gasteiger partial charge in [-0.05, 0) is 6.07 Å². The Hall–Kier alpha value is -1.70. The first-order valence-electron chi connectivity index (χ1n) is 5.26. The summed E-state index contributed by atoms with van der Waals surface area (Å²) in [6.07, 6.45) is -5.12. The first-order chi connectivity index (χ1) is 9.30. The number of esters is 1. The molecule has 0 radical (unpaired) electrons. The van der Waals surface area contributed by atoms with E-state index < -0.39 is 24.0 Å². The van der Waals surface area contributed by atoms with Crippen molar-refractivity contribution in [2.75, 3.05) is 14.2 Å². The quantitative estimate of drug-likeness (QED) is 0.617. The minimum atomic E-state index is -4.90. The van der Waals surface area contributed by atoms with E-state index in [1.807, 2.05) is 0 Å². The molecule has 1 rings (SSSR count). The molecule has 20 heavy (non-hydrogen) atoms. The van der Waals surface area contributed by atoms with Crippen molar-refractivity contribution in [3.8, 4) is 11.6 Å². The number of hydrogen-bond donors (Lipinski definition) is 0. The molecule has 0 aliphatic carbocycles. The Morgan fingerprint density at radius 2 is 2.05 bits per heavy atom. The van der Waals surface area contributed by atoms with E-state index in [0.717, 1.165) is 7.11 Å². The van der Waals surface area contributed by atoms with Crippen LogP contribution < -0.4 is 9.47 Å². The van der Waals surface area contributed by atoms with Gasteiger partial charge in [0, 0.05) is 5.56 Å². The molecule has 0 bridgehead atoms. The van der Waals surface area contributed by atoms with Crippen LogP contribution >= 0.6 is 11.6 Å². The zero-order chi connectivity index (χ0) is 15.3. The van der Waals surface area contributed by atoms with Gasteiger partial charge in [-0.2, -0.15) is 0 Å². The summed E-state index contributed by atoms with van der Waals surface area (Å²) in [6.45, 7) is 0. The Morgan fingerprint density at radius 1 is 1.40 bits per heavy atom. The van der Waals surface area contributed by atoms with Gasteiger partial charge in [0.25, 0.3) is 5.88 Å². The molecule has 0 fully saturated rings. The Morgan fingerprint density at radius 3 is 2.50 bits per heavy atom. The third kappa shape index (κ3) is 4.44. The maximum Gasteiger partial charge on any atom is 0.573 e. The van der Waals surface area contributed by atoms with E-state index in [0.29, 0.717) is 0 Å². The van der Waals surface area contributed by atoms with Gasteiger partial charge in [-0.25, -0.2) is 4.98 Å². The number of aromatic nitrogens is 1. The summed E-state index contributed by atoms with van der Waals surface area (Å²) in [5, 5.41) is 0. The summed E-state index contributed by atoms with van der Waals surface area (Å²) in [5.74, 6) is -1.88. The smallest absolute Gasteiger partial charge is 0.478 e. The van der Waals surface area contributed by atoms with Crippen LogP contribution in [0.5, 0.6) is 11.6 Å². The van der Waals surface area contributed by atoms with Crippen LogP contribution in [0.2, 0.25) is 0 Å². The van der Waals surface area contributed by atoms with Crippen molar-refractivity contribution in [1.29, 1.82) is 0 Å². The standard InChI is InChI=1S/C11H11ClF3NO4/c1-18-8(17)4-7-3-6(5-12)9(10(16-7)19-2)20-11(13,14)15/h3H,4-5H2,1-2H3. The second-order valence-electron chi connectivity index (χ2n) is 3.55. The van der Waals surface area contributed by atoms with E-state index in [-0.39, 0.29) is 23.6 Å². The van der Waals surface area contributed by atoms with Gasteiger partial charge < -0.3 is 14.2 Å². The molecule has 0 saturated carbocycles. The number of ether oxygens (including phenoxy) is 3. The summed E-state index contributed by atoms with van der Waals surface area (Å²) in [5.41, 5.74) is 0.175. The molecular weight excluding hydrogens is 303 g/mol. The zero-order valence-corrected chi connectivity index (χ0v) is 11.3. The van der Waals surface area contributed by atoms with E-state index in [9.17, 15) is 18.0 Å². The second kappa shape index (κ2) is 6.65. The predicted octanol–water partition coefficient (Wildman–Crippen LogP) is 2.44. The number of nitrogens with zero attached hydrogens (tertiary/aromatic N) is 1. The van der Waals surface area contributed by atoms with E-state index >= 15 is 0 Å². The van der Waals surface area contributed by atoms with Crippen molar-refractivity contribution < 1.29 is 32.2 Å². The normalized spacial score (nSPS) is 11.1. The van der Waals surface area contributed by atoms with Crippen LogP contribution in [0.3, 0.4) is 0 Å². The average molecular weight is 314 g/mol. The van der Waals surface area contributed by atoms with Crippen LogP contribution in [0, 0.1) is 0 Å². The van der Waals surface area contributed by atoms with E-state index in [4.69, 9.17) is 16.3 Å². The monoisotopic (exact) mass is 313 g/mol. The number of carbonyl (C=O) groups is 1. The third-order valence-corrected chi connectivity index (χ3v) is 2.47. The Labute approximate surface area is 117 Å². The molecule has 0 saturated heterocycles. The number of pyridine rings is 1. The molecule has 0 amide bonds. The SMILES string of the molecule is COC(=O)Cc1cc(CCl)c(OC(F)(F)F)c(OC)n1. The number of halogens is 4. The van der Waals surface area contributed by atoms with Crippen molar-refractivity contribution in [3.05, 3.63) is 17.3 Å². The molecule has 0 aliphatic heterocycles. The van der Waals surface area contributed by atoms with E-state index in [1.165, 1.54) is 13.2 Å². The predicted molar refractivity (Wildman–Crippen MR) is 62.7 cm³/mol. The topological polar surface area (TPSA) is 57.7 Å². The maximum atomic E-state index is 12.3. The van der Waals surface area contributed by atoms with Gasteiger partial charge in [0.15, 0.2) is 5.75 Å². The largest absolute Gasteiger partial charge is 0.573 e. The number of methoxy groups -OCH3 is 2. The van der Waals surface area contributed by atoms with Gasteiger partial charge in [-0.1, -0.05) is 0 Å². The highest BCUT2D eigenvalue weighted by Gasteiger charge is 2.34. The molecular formula is C11H11ClF3NO4. The summed E-state index contributed by atoms with van der Waals surface area (Å²) in [4.78, 5) is 14.9. The molecule has 0 aliphatic rings. The molecule has 112 valence electrons. The average Bonchev–Trinajstić information content (AvgIpc) is 2.38. The Balaban J connectivity index is 3.21. The van der Waals surface area contributed by atoms with Crippen molar-refractivity contribution in [2.45, 2.75) is 18.7 Å². The van der Waals surface area contributed by atoms with Crippen molar-refractivity contribution in [1.82, 2.24) is 4.98 Å². The number of rotatable bonds is 5. The third-order valence-electron chi connectivity index (χ3n) is 2.18. The lowest BCUT2D eigenvalue weighted by Gasteiger charge is -2.15. The van der Waals surface area contributed by atoms with Crippen LogP contribution in [-0.2, 0) is 21.8 Å². The van der Waals surface area contributed by atoms with Gasteiger partial charge >= 0.3 is 12.3 Å². The molecule has 0 N–H and O–H groups in total. The first kappa shape index (κ1) is 16.4. The fourth-order valence-electron chi connectivity index (χ4n) is 1.39. The second-order valence-corrected chi connectivity index (χ2v) is 3.81. The lowest BCUT2D eigenvalue weighted by Crippen LogP contribution is -2.19. The first-order valence-corrected chi connectivity index (χ1v) is 5.79. The summed E-state index contributed by atoms with van der Waals surface area (Å²) < 4.78 is 50.0. The highest BCUT2D eigenvalue weighted by Crippen LogP contribution is 2.35. The molecule has 0 spiro atoms. The molecule has 0 aromatic carbocycles. The van der Waals surface area contributed by atoms with Crippen LogP contribution in [0.25, 0.3) is 0 Å². The van der Waals surface area contributed by atoms with Crippen molar-refractivity contribution in [2.24, 2.45) is 0 Å². The lowest BCUT2D eigenvalue weighted by atomic mass is 10.2. The molecule has 0 unspecified atom stereocenters. The van der Waals surface area contributed by atoms with Crippen LogP contribution in [0.1, 0.15) is 11.3 Å². The number of alkyl halides is 4. The molecule has 1 aromatic heterocycles. The Kier molecular flexibility index (Phi) is 5.43. The van der Waals surface area contributed by atoms with E-state index in [1.54, 1.807) is 0 Å². The van der Waals surface area contributed by atoms with Crippen LogP contribution in [-0.4, -0.2) is 31.5 Å². The maximum absolute atomic E-state index is 12.3. The van der Waals surface area contributed by atoms with Gasteiger partial charge in [-0.3, -0.25) is 4.79 Å². The number of carbonyl (C=O) groups excluding carboxylic acids is 1. The van der Waals surface area contributed by atoms with Crippen LogP contribution in [0.4, 0.5) is 13.2 Å². The van der Waals surface area contributed by atoms with Gasteiger partial charge in [-0.15, -0.1) is 24.8 Å². The minimum Gasteiger partial charge on any atom is -0.478 e. The molecule has 9 heteroatoms. The molecule has 0 atom stereocenters. The van der Waals surface area contributed by atoms with Gasteiger partial charge in [0.05, 0.1) is 32.2 Å². The fraction of sp³-hybridized carbons (Fsp3) is 0.455. The minimum absolute atomic E-state index is 0.00902. The van der Waals surface area contributed by atoms with E-state index in [2.05, 4.69) is 14.5 Å². The molecule has 5 nitrogen and oxygen atoms in total. The summed E-state index contributed by atoms with van der Waals surface area (Å²) in [6, 6.07) is 1.23. The lowest BCUT2D eigenvalue weighted by molar-refractivity contribution is -0.275. The van der Waals surface area contributed by atoms with Gasteiger partial charge in [0.1, 0.15) is 0 Å². The van der Waals surface area contributed by atoms with Gasteiger partial charge in [0.2, 0.25) is 0 Å². The molecule has 1 heterocycles. The number of hydrogen-bond acceptors (Lipinski definition) is 5. The van der Waals surface area contributed by atoms with Crippen molar-refractivity contribution >= 4 is 17.6 Å². The molecule has 1 aromatic rings. The summed E-state index contributed by atoms with van der Waals surface area (Å²) >= 11 is 5.59.